The van der Waals surface area contributed by atoms with Crippen molar-refractivity contribution >= 4 is 6.09 Å². The van der Waals surface area contributed by atoms with E-state index in [0.717, 1.165) is 25.7 Å². The van der Waals surface area contributed by atoms with Gasteiger partial charge in [0.05, 0.1) is 6.10 Å². The molecule has 0 aromatic carbocycles. The van der Waals surface area contributed by atoms with Crippen LogP contribution in [0.4, 0.5) is 4.79 Å². The fraction of sp³-hybridized carbons (Fsp3) is 0.929. The number of ether oxygens (including phenoxy) is 1. The van der Waals surface area contributed by atoms with E-state index < -0.39 is 11.7 Å². The van der Waals surface area contributed by atoms with Crippen molar-refractivity contribution in [3.8, 4) is 0 Å². The van der Waals surface area contributed by atoms with E-state index in [2.05, 4.69) is 10.6 Å². The van der Waals surface area contributed by atoms with Gasteiger partial charge in [0.2, 0.25) is 0 Å². The zero-order valence-electron chi connectivity index (χ0n) is 12.5. The van der Waals surface area contributed by atoms with Crippen LogP contribution in [-0.4, -0.2) is 41.5 Å². The molecule has 3 unspecified atom stereocenters. The first kappa shape index (κ1) is 16.2. The molecule has 1 amide bonds. The third-order valence-electron chi connectivity index (χ3n) is 3.18. The topological polar surface area (TPSA) is 70.6 Å². The van der Waals surface area contributed by atoms with Crippen molar-refractivity contribution in [2.24, 2.45) is 0 Å². The van der Waals surface area contributed by atoms with Crippen LogP contribution in [0.25, 0.3) is 0 Å². The minimum atomic E-state index is -0.472. The zero-order valence-corrected chi connectivity index (χ0v) is 12.5. The molecule has 1 aliphatic rings. The van der Waals surface area contributed by atoms with E-state index >= 15 is 0 Å². The van der Waals surface area contributed by atoms with Crippen molar-refractivity contribution < 1.29 is 14.6 Å². The Morgan fingerprint density at radius 3 is 2.58 bits per heavy atom. The van der Waals surface area contributed by atoms with Crippen molar-refractivity contribution in [3.05, 3.63) is 0 Å². The van der Waals surface area contributed by atoms with Crippen LogP contribution in [-0.2, 0) is 4.74 Å². The van der Waals surface area contributed by atoms with E-state index in [0.29, 0.717) is 6.54 Å². The Kier molecular flexibility index (Phi) is 6.07. The van der Waals surface area contributed by atoms with Crippen LogP contribution in [0.3, 0.4) is 0 Å². The van der Waals surface area contributed by atoms with Gasteiger partial charge in [-0.05, 0) is 40.5 Å². The number of aliphatic hydroxyl groups is 1. The Bertz CT molecular complexity index is 289. The Morgan fingerprint density at radius 2 is 2.00 bits per heavy atom. The summed E-state index contributed by atoms with van der Waals surface area (Å²) in [6, 6.07) is 0.259. The summed E-state index contributed by atoms with van der Waals surface area (Å²) in [6.45, 7) is 8.02. The summed E-state index contributed by atoms with van der Waals surface area (Å²) < 4.78 is 5.17. The highest BCUT2D eigenvalue weighted by Crippen LogP contribution is 2.18. The molecule has 5 nitrogen and oxygen atoms in total. The minimum Gasteiger partial charge on any atom is -0.444 e. The molecule has 0 radical (unpaired) electrons. The normalized spacial score (nSPS) is 25.7. The number of alkyl carbamates (subject to hydrolysis) is 1. The second-order valence-corrected chi connectivity index (χ2v) is 6.41. The van der Waals surface area contributed by atoms with Crippen LogP contribution >= 0.6 is 0 Å². The number of hydrogen-bond donors (Lipinski definition) is 3. The monoisotopic (exact) mass is 272 g/mol. The van der Waals surface area contributed by atoms with Crippen LogP contribution in [0.5, 0.6) is 0 Å². The predicted octanol–water partition coefficient (Wildman–Crippen LogP) is 1.79. The van der Waals surface area contributed by atoms with Gasteiger partial charge in [-0.2, -0.15) is 0 Å². The van der Waals surface area contributed by atoms with E-state index in [4.69, 9.17) is 4.74 Å². The molecule has 0 spiro atoms. The quantitative estimate of drug-likeness (QED) is 0.730. The highest BCUT2D eigenvalue weighted by atomic mass is 16.6. The summed E-state index contributed by atoms with van der Waals surface area (Å²) in [5, 5.41) is 16.0. The highest BCUT2D eigenvalue weighted by molar-refractivity contribution is 5.67. The largest absolute Gasteiger partial charge is 0.444 e. The van der Waals surface area contributed by atoms with Gasteiger partial charge in [-0.15, -0.1) is 0 Å². The first-order chi connectivity index (χ1) is 8.78. The number of hydrogen-bond acceptors (Lipinski definition) is 4. The number of nitrogens with one attached hydrogen (secondary N) is 2. The van der Waals surface area contributed by atoms with E-state index in [1.54, 1.807) is 0 Å². The Hall–Kier alpha value is -0.810. The molecule has 5 heteroatoms. The van der Waals surface area contributed by atoms with Gasteiger partial charge < -0.3 is 20.5 Å². The van der Waals surface area contributed by atoms with Gasteiger partial charge in [-0.1, -0.05) is 12.8 Å². The summed E-state index contributed by atoms with van der Waals surface area (Å²) in [6.07, 6.45) is 3.45. The molecule has 0 aromatic rings. The molecule has 0 bridgehead atoms. The first-order valence-corrected chi connectivity index (χ1v) is 7.19. The molecule has 1 saturated carbocycles. The van der Waals surface area contributed by atoms with Gasteiger partial charge in [-0.3, -0.25) is 0 Å². The van der Waals surface area contributed by atoms with Gasteiger partial charge in [0.1, 0.15) is 5.60 Å². The van der Waals surface area contributed by atoms with E-state index in [1.165, 1.54) is 0 Å². The van der Waals surface area contributed by atoms with Crippen LogP contribution < -0.4 is 10.6 Å². The van der Waals surface area contributed by atoms with Gasteiger partial charge in [0.25, 0.3) is 0 Å². The van der Waals surface area contributed by atoms with Crippen LogP contribution in [0, 0.1) is 0 Å². The molecule has 19 heavy (non-hydrogen) atoms. The molecular weight excluding hydrogens is 244 g/mol. The number of rotatable bonds is 4. The van der Waals surface area contributed by atoms with Gasteiger partial charge in [0, 0.05) is 18.6 Å². The molecule has 3 atom stereocenters. The Balaban J connectivity index is 2.23. The molecule has 112 valence electrons. The van der Waals surface area contributed by atoms with Gasteiger partial charge >= 0.3 is 6.09 Å². The van der Waals surface area contributed by atoms with Gasteiger partial charge in [-0.25, -0.2) is 4.79 Å². The van der Waals surface area contributed by atoms with Crippen LogP contribution in [0.15, 0.2) is 0 Å². The number of aliphatic hydroxyl groups excluding tert-OH is 1. The lowest BCUT2D eigenvalue weighted by molar-refractivity contribution is 0.0516. The maximum Gasteiger partial charge on any atom is 0.407 e. The van der Waals surface area contributed by atoms with Crippen molar-refractivity contribution in [2.45, 2.75) is 77.2 Å². The third kappa shape index (κ3) is 6.78. The number of carbonyl (C=O) groups is 1. The second-order valence-electron chi connectivity index (χ2n) is 6.41. The maximum absolute atomic E-state index is 11.5. The smallest absolute Gasteiger partial charge is 0.407 e. The average molecular weight is 272 g/mol. The lowest BCUT2D eigenvalue weighted by Crippen LogP contribution is -2.50. The molecule has 0 saturated heterocycles. The molecule has 1 rings (SSSR count). The third-order valence-corrected chi connectivity index (χ3v) is 3.18. The molecule has 0 aromatic heterocycles. The standard InChI is InChI=1S/C14H28N2O3/c1-10(9-15-13(18)19-14(2,3)4)16-11-7-5-6-8-12(11)17/h10-12,16-17H,5-9H2,1-4H3,(H,15,18). The zero-order chi connectivity index (χ0) is 14.5. The fourth-order valence-corrected chi connectivity index (χ4v) is 2.28. The minimum absolute atomic E-state index is 0.116. The maximum atomic E-state index is 11.5. The first-order valence-electron chi connectivity index (χ1n) is 7.19. The molecule has 0 heterocycles. The lowest BCUT2D eigenvalue weighted by Gasteiger charge is -2.31. The van der Waals surface area contributed by atoms with Crippen molar-refractivity contribution in [1.29, 1.82) is 0 Å². The number of amides is 1. The summed E-state index contributed by atoms with van der Waals surface area (Å²) in [5.41, 5.74) is -0.472. The van der Waals surface area contributed by atoms with Crippen molar-refractivity contribution in [1.82, 2.24) is 10.6 Å². The van der Waals surface area contributed by atoms with E-state index in [-0.39, 0.29) is 18.2 Å². The Morgan fingerprint density at radius 1 is 1.37 bits per heavy atom. The molecule has 1 fully saturated rings. The Labute approximate surface area is 116 Å². The summed E-state index contributed by atoms with van der Waals surface area (Å²) >= 11 is 0. The van der Waals surface area contributed by atoms with E-state index in [1.807, 2.05) is 27.7 Å². The molecule has 3 N–H and O–H groups in total. The number of carbonyl (C=O) groups excluding carboxylic acids is 1. The van der Waals surface area contributed by atoms with Crippen molar-refractivity contribution in [2.75, 3.05) is 6.54 Å². The fourth-order valence-electron chi connectivity index (χ4n) is 2.28. The molecule has 0 aliphatic heterocycles. The SMILES string of the molecule is CC(CNC(=O)OC(C)(C)C)NC1CCCCC1O. The van der Waals surface area contributed by atoms with Crippen molar-refractivity contribution in [3.63, 3.8) is 0 Å². The van der Waals surface area contributed by atoms with Crippen LogP contribution in [0.1, 0.15) is 53.4 Å². The van der Waals surface area contributed by atoms with E-state index in [9.17, 15) is 9.90 Å². The van der Waals surface area contributed by atoms with Crippen LogP contribution in [0.2, 0.25) is 0 Å². The highest BCUT2D eigenvalue weighted by Gasteiger charge is 2.24. The molecule has 1 aliphatic carbocycles. The van der Waals surface area contributed by atoms with Gasteiger partial charge in [0.15, 0.2) is 0 Å². The lowest BCUT2D eigenvalue weighted by atomic mass is 9.92. The summed E-state index contributed by atoms with van der Waals surface area (Å²) in [7, 11) is 0. The average Bonchev–Trinajstić information content (AvgIpc) is 2.27. The summed E-state index contributed by atoms with van der Waals surface area (Å²) in [5.74, 6) is 0. The molecular formula is C14H28N2O3. The predicted molar refractivity (Wildman–Crippen MR) is 75.1 cm³/mol. The second kappa shape index (κ2) is 7.10. The summed E-state index contributed by atoms with van der Waals surface area (Å²) in [4.78, 5) is 11.5.